The number of aromatic nitrogens is 1. The van der Waals surface area contributed by atoms with Gasteiger partial charge in [0.15, 0.2) is 5.76 Å². The van der Waals surface area contributed by atoms with E-state index in [-0.39, 0.29) is 25.0 Å². The van der Waals surface area contributed by atoms with Crippen LogP contribution in [0.2, 0.25) is 0 Å². The van der Waals surface area contributed by atoms with Crippen molar-refractivity contribution in [3.05, 3.63) is 17.5 Å². The van der Waals surface area contributed by atoms with Gasteiger partial charge in [-0.25, -0.2) is 4.79 Å². The molecule has 1 aromatic heterocycles. The zero-order valence-corrected chi connectivity index (χ0v) is 10.8. The Morgan fingerprint density at radius 1 is 1.47 bits per heavy atom. The second-order valence-electron chi connectivity index (χ2n) is 4.78. The zero-order chi connectivity index (χ0) is 13.5. The summed E-state index contributed by atoms with van der Waals surface area (Å²) in [4.78, 5) is 11.7. The van der Waals surface area contributed by atoms with Crippen molar-refractivity contribution >= 4 is 6.03 Å². The summed E-state index contributed by atoms with van der Waals surface area (Å²) >= 11 is 0. The second kappa shape index (κ2) is 6.78. The number of nitrogens with zero attached hydrogens (tertiary/aromatic N) is 2. The van der Waals surface area contributed by atoms with Crippen LogP contribution in [-0.4, -0.2) is 17.2 Å². The second-order valence-corrected chi connectivity index (χ2v) is 4.78. The van der Waals surface area contributed by atoms with E-state index in [1.54, 1.807) is 6.07 Å². The molecule has 1 aromatic rings. The van der Waals surface area contributed by atoms with Crippen LogP contribution >= 0.6 is 0 Å². The van der Waals surface area contributed by atoms with E-state index in [2.05, 4.69) is 15.8 Å². The summed E-state index contributed by atoms with van der Waals surface area (Å²) in [6.07, 6.45) is 5.97. The van der Waals surface area contributed by atoms with Crippen molar-refractivity contribution in [3.63, 3.8) is 0 Å². The number of hydrogen-bond acceptors (Lipinski definition) is 4. The van der Waals surface area contributed by atoms with Gasteiger partial charge in [0.1, 0.15) is 0 Å². The molecule has 102 valence electrons. The van der Waals surface area contributed by atoms with Crippen LogP contribution in [0.15, 0.2) is 10.6 Å². The molecule has 19 heavy (non-hydrogen) atoms. The highest BCUT2D eigenvalue weighted by Crippen LogP contribution is 2.17. The van der Waals surface area contributed by atoms with Crippen molar-refractivity contribution in [2.45, 2.75) is 51.1 Å². The fraction of sp³-hybridized carbons (Fsp3) is 0.615. The Balaban J connectivity index is 1.71. The molecule has 6 heteroatoms. The lowest BCUT2D eigenvalue weighted by Crippen LogP contribution is -2.42. The predicted molar refractivity (Wildman–Crippen MR) is 68.1 cm³/mol. The molecule has 0 radical (unpaired) electrons. The normalized spacial score (nSPS) is 15.7. The molecule has 2 N–H and O–H groups in total. The van der Waals surface area contributed by atoms with Gasteiger partial charge >= 0.3 is 6.03 Å². The molecule has 1 fully saturated rings. The highest BCUT2D eigenvalue weighted by Gasteiger charge is 2.15. The van der Waals surface area contributed by atoms with E-state index in [9.17, 15) is 4.79 Å². The number of hydrogen-bond donors (Lipinski definition) is 2. The van der Waals surface area contributed by atoms with Crippen LogP contribution in [0.5, 0.6) is 0 Å². The van der Waals surface area contributed by atoms with Crippen molar-refractivity contribution < 1.29 is 9.32 Å². The predicted octanol–water partition coefficient (Wildman–Crippen LogP) is 1.87. The maximum Gasteiger partial charge on any atom is 0.315 e. The van der Waals surface area contributed by atoms with Crippen LogP contribution in [0.3, 0.4) is 0 Å². The van der Waals surface area contributed by atoms with Crippen LogP contribution in [0.25, 0.3) is 0 Å². The SMILES string of the molecule is N#CCc1cc(CNC(=O)NC2CCCCC2)on1. The van der Waals surface area contributed by atoms with Crippen molar-refractivity contribution in [3.8, 4) is 6.07 Å². The lowest BCUT2D eigenvalue weighted by atomic mass is 9.96. The average molecular weight is 262 g/mol. The Morgan fingerprint density at radius 2 is 2.26 bits per heavy atom. The number of amides is 2. The first-order valence-electron chi connectivity index (χ1n) is 6.63. The number of carbonyl (C=O) groups excluding carboxylic acids is 1. The Hall–Kier alpha value is -2.03. The molecule has 0 spiro atoms. The summed E-state index contributed by atoms with van der Waals surface area (Å²) < 4.78 is 5.01. The first-order chi connectivity index (χ1) is 9.28. The molecule has 1 aliphatic rings. The molecule has 0 unspecified atom stereocenters. The highest BCUT2D eigenvalue weighted by molar-refractivity contribution is 5.74. The van der Waals surface area contributed by atoms with Gasteiger partial charge in [0.05, 0.1) is 24.7 Å². The van der Waals surface area contributed by atoms with Gasteiger partial charge in [0.2, 0.25) is 0 Å². The van der Waals surface area contributed by atoms with E-state index in [0.717, 1.165) is 12.8 Å². The molecule has 0 saturated heterocycles. The maximum atomic E-state index is 11.7. The van der Waals surface area contributed by atoms with E-state index in [0.29, 0.717) is 11.5 Å². The Labute approximate surface area is 112 Å². The Kier molecular flexibility index (Phi) is 4.78. The third-order valence-corrected chi connectivity index (χ3v) is 3.23. The number of nitrogens with one attached hydrogen (secondary N) is 2. The molecule has 1 aliphatic carbocycles. The molecule has 1 saturated carbocycles. The van der Waals surface area contributed by atoms with Gasteiger partial charge in [-0.15, -0.1) is 0 Å². The minimum atomic E-state index is -0.176. The Morgan fingerprint density at radius 3 is 3.00 bits per heavy atom. The molecule has 0 aromatic carbocycles. The van der Waals surface area contributed by atoms with Gasteiger partial charge in [0, 0.05) is 12.1 Å². The minimum absolute atomic E-state index is 0.176. The quantitative estimate of drug-likeness (QED) is 0.866. The van der Waals surface area contributed by atoms with E-state index >= 15 is 0 Å². The van der Waals surface area contributed by atoms with Crippen LogP contribution in [-0.2, 0) is 13.0 Å². The van der Waals surface area contributed by atoms with Gasteiger partial charge in [-0.3, -0.25) is 0 Å². The largest absolute Gasteiger partial charge is 0.359 e. The van der Waals surface area contributed by atoms with Crippen LogP contribution in [0, 0.1) is 11.3 Å². The first-order valence-corrected chi connectivity index (χ1v) is 6.63. The topological polar surface area (TPSA) is 91.0 Å². The van der Waals surface area contributed by atoms with Gasteiger partial charge in [-0.05, 0) is 12.8 Å². The van der Waals surface area contributed by atoms with Gasteiger partial charge < -0.3 is 15.2 Å². The molecular weight excluding hydrogens is 244 g/mol. The molecule has 0 bridgehead atoms. The van der Waals surface area contributed by atoms with Crippen molar-refractivity contribution in [1.29, 1.82) is 5.26 Å². The lowest BCUT2D eigenvalue weighted by Gasteiger charge is -2.22. The number of urea groups is 1. The standard InChI is InChI=1S/C13H18N4O2/c14-7-6-11-8-12(19-17-11)9-15-13(18)16-10-4-2-1-3-5-10/h8,10H,1-6,9H2,(H2,15,16,18). The summed E-state index contributed by atoms with van der Waals surface area (Å²) in [7, 11) is 0. The van der Waals surface area contributed by atoms with Gasteiger partial charge in [0.25, 0.3) is 0 Å². The fourth-order valence-electron chi connectivity index (χ4n) is 2.25. The number of rotatable bonds is 4. The van der Waals surface area contributed by atoms with E-state index in [1.165, 1.54) is 19.3 Å². The van der Waals surface area contributed by atoms with Crippen LogP contribution < -0.4 is 10.6 Å². The van der Waals surface area contributed by atoms with Crippen molar-refractivity contribution in [2.75, 3.05) is 0 Å². The van der Waals surface area contributed by atoms with E-state index < -0.39 is 0 Å². The molecule has 2 rings (SSSR count). The van der Waals surface area contributed by atoms with Crippen LogP contribution in [0.4, 0.5) is 4.79 Å². The fourth-order valence-corrected chi connectivity index (χ4v) is 2.25. The summed E-state index contributed by atoms with van der Waals surface area (Å²) in [6, 6.07) is 3.79. The van der Waals surface area contributed by atoms with E-state index in [4.69, 9.17) is 9.78 Å². The number of carbonyl (C=O) groups is 1. The third-order valence-electron chi connectivity index (χ3n) is 3.23. The van der Waals surface area contributed by atoms with Gasteiger partial charge in [-0.1, -0.05) is 24.4 Å². The summed E-state index contributed by atoms with van der Waals surface area (Å²) in [6.45, 7) is 0.289. The van der Waals surface area contributed by atoms with Crippen LogP contribution in [0.1, 0.15) is 43.6 Å². The van der Waals surface area contributed by atoms with Crippen molar-refractivity contribution in [1.82, 2.24) is 15.8 Å². The monoisotopic (exact) mass is 262 g/mol. The molecule has 6 nitrogen and oxygen atoms in total. The Bertz CT molecular complexity index is 457. The molecule has 0 aliphatic heterocycles. The maximum absolute atomic E-state index is 11.7. The molecule has 1 heterocycles. The summed E-state index contributed by atoms with van der Waals surface area (Å²) in [5, 5.41) is 17.9. The molecule has 0 atom stereocenters. The highest BCUT2D eigenvalue weighted by atomic mass is 16.5. The smallest absolute Gasteiger partial charge is 0.315 e. The first kappa shape index (κ1) is 13.4. The summed E-state index contributed by atoms with van der Waals surface area (Å²) in [5.41, 5.74) is 0.590. The minimum Gasteiger partial charge on any atom is -0.359 e. The third kappa shape index (κ3) is 4.28. The lowest BCUT2D eigenvalue weighted by molar-refractivity contribution is 0.230. The average Bonchev–Trinajstić information content (AvgIpc) is 2.86. The van der Waals surface area contributed by atoms with E-state index in [1.807, 2.05) is 6.07 Å². The van der Waals surface area contributed by atoms with Gasteiger partial charge in [-0.2, -0.15) is 5.26 Å². The van der Waals surface area contributed by atoms with Crippen molar-refractivity contribution in [2.24, 2.45) is 0 Å². The summed E-state index contributed by atoms with van der Waals surface area (Å²) in [5.74, 6) is 0.559. The molecular formula is C13H18N4O2. The molecule has 2 amide bonds. The zero-order valence-electron chi connectivity index (χ0n) is 10.8. The number of nitriles is 1.